The Balaban J connectivity index is 1.88. The van der Waals surface area contributed by atoms with E-state index in [2.05, 4.69) is 35.4 Å². The van der Waals surface area contributed by atoms with Crippen molar-refractivity contribution in [2.24, 2.45) is 0 Å². The Hall–Kier alpha value is -2.82. The van der Waals surface area contributed by atoms with E-state index in [-0.39, 0.29) is 18.2 Å². The molecule has 2 aromatic carbocycles. The molecule has 0 bridgehead atoms. The first kappa shape index (κ1) is 20.5. The van der Waals surface area contributed by atoms with Crippen LogP contribution < -0.4 is 15.5 Å². The minimum absolute atomic E-state index is 0.191. The molecule has 0 heterocycles. The molecular formula is C22H29N3O2. The van der Waals surface area contributed by atoms with Gasteiger partial charge < -0.3 is 15.5 Å². The molecule has 0 fully saturated rings. The number of amides is 2. The van der Waals surface area contributed by atoms with Crippen LogP contribution >= 0.6 is 0 Å². The van der Waals surface area contributed by atoms with Crippen LogP contribution in [0.25, 0.3) is 0 Å². The van der Waals surface area contributed by atoms with Gasteiger partial charge in [-0.3, -0.25) is 9.59 Å². The molecule has 5 nitrogen and oxygen atoms in total. The Bertz CT molecular complexity index is 798. The van der Waals surface area contributed by atoms with Gasteiger partial charge in [0, 0.05) is 31.0 Å². The summed E-state index contributed by atoms with van der Waals surface area (Å²) in [6.07, 6.45) is -0.191. The van der Waals surface area contributed by atoms with E-state index in [4.69, 9.17) is 0 Å². The van der Waals surface area contributed by atoms with Crippen molar-refractivity contribution in [3.63, 3.8) is 0 Å². The molecule has 0 aliphatic heterocycles. The summed E-state index contributed by atoms with van der Waals surface area (Å²) >= 11 is 0. The van der Waals surface area contributed by atoms with Gasteiger partial charge in [0.1, 0.15) is 6.42 Å². The summed E-state index contributed by atoms with van der Waals surface area (Å²) in [4.78, 5) is 26.5. The van der Waals surface area contributed by atoms with Crippen molar-refractivity contribution in [1.82, 2.24) is 5.32 Å². The number of carbonyl (C=O) groups is 2. The summed E-state index contributed by atoms with van der Waals surface area (Å²) in [6, 6.07) is 13.9. The van der Waals surface area contributed by atoms with Crippen molar-refractivity contribution in [3.05, 3.63) is 59.2 Å². The smallest absolute Gasteiger partial charge is 0.233 e. The highest BCUT2D eigenvalue weighted by atomic mass is 16.2. The van der Waals surface area contributed by atoms with E-state index in [0.29, 0.717) is 6.54 Å². The van der Waals surface area contributed by atoms with Crippen LogP contribution in [0.5, 0.6) is 0 Å². The lowest BCUT2D eigenvalue weighted by Gasteiger charge is -2.22. The summed E-state index contributed by atoms with van der Waals surface area (Å²) in [7, 11) is 0. The number of aryl methyl sites for hydroxylation is 2. The van der Waals surface area contributed by atoms with Crippen molar-refractivity contribution in [3.8, 4) is 0 Å². The van der Waals surface area contributed by atoms with Crippen LogP contribution in [0.1, 0.15) is 37.0 Å². The lowest BCUT2D eigenvalue weighted by Crippen LogP contribution is -2.28. The molecule has 0 aliphatic carbocycles. The van der Waals surface area contributed by atoms with Crippen LogP contribution in [0.4, 0.5) is 11.4 Å². The van der Waals surface area contributed by atoms with E-state index in [9.17, 15) is 9.59 Å². The fourth-order valence-corrected chi connectivity index (χ4v) is 3.00. The van der Waals surface area contributed by atoms with E-state index in [1.54, 1.807) is 0 Å². The second kappa shape index (κ2) is 9.76. The Morgan fingerprint density at radius 1 is 0.963 bits per heavy atom. The van der Waals surface area contributed by atoms with Gasteiger partial charge in [0.05, 0.1) is 0 Å². The van der Waals surface area contributed by atoms with E-state index >= 15 is 0 Å². The third-order valence-corrected chi connectivity index (χ3v) is 4.51. The lowest BCUT2D eigenvalue weighted by molar-refractivity contribution is -0.126. The predicted octanol–water partition coefficient (Wildman–Crippen LogP) is 3.79. The summed E-state index contributed by atoms with van der Waals surface area (Å²) in [5.74, 6) is -0.596. The molecule has 2 aromatic rings. The Labute approximate surface area is 161 Å². The average Bonchev–Trinajstić information content (AvgIpc) is 2.63. The fourth-order valence-electron chi connectivity index (χ4n) is 3.00. The molecule has 27 heavy (non-hydrogen) atoms. The Morgan fingerprint density at radius 3 is 2.33 bits per heavy atom. The van der Waals surface area contributed by atoms with Crippen LogP contribution in [0.2, 0.25) is 0 Å². The van der Waals surface area contributed by atoms with Crippen LogP contribution in [0.15, 0.2) is 42.5 Å². The van der Waals surface area contributed by atoms with Gasteiger partial charge in [-0.2, -0.15) is 0 Å². The predicted molar refractivity (Wildman–Crippen MR) is 111 cm³/mol. The van der Waals surface area contributed by atoms with Crippen molar-refractivity contribution in [1.29, 1.82) is 0 Å². The average molecular weight is 367 g/mol. The summed E-state index contributed by atoms with van der Waals surface area (Å²) in [6.45, 7) is 10.5. The summed E-state index contributed by atoms with van der Waals surface area (Å²) < 4.78 is 0. The van der Waals surface area contributed by atoms with Gasteiger partial charge in [0.2, 0.25) is 11.8 Å². The number of nitrogens with one attached hydrogen (secondary N) is 2. The maximum absolute atomic E-state index is 12.2. The highest BCUT2D eigenvalue weighted by Crippen LogP contribution is 2.22. The van der Waals surface area contributed by atoms with Crippen LogP contribution in [0.3, 0.4) is 0 Å². The minimum Gasteiger partial charge on any atom is -0.372 e. The fraction of sp³-hybridized carbons (Fsp3) is 0.364. The third-order valence-electron chi connectivity index (χ3n) is 4.51. The SMILES string of the molecule is CCN(CC)c1ccc(NC(=O)CC(=O)NCc2cccc(C)c2)c(C)c1. The van der Waals surface area contributed by atoms with Gasteiger partial charge in [-0.25, -0.2) is 0 Å². The van der Waals surface area contributed by atoms with Crippen LogP contribution in [0, 0.1) is 13.8 Å². The number of carbonyl (C=O) groups excluding carboxylic acids is 2. The molecule has 0 saturated heterocycles. The highest BCUT2D eigenvalue weighted by molar-refractivity contribution is 6.03. The molecular weight excluding hydrogens is 338 g/mol. The largest absolute Gasteiger partial charge is 0.372 e. The first-order valence-electron chi connectivity index (χ1n) is 9.40. The quantitative estimate of drug-likeness (QED) is 0.698. The topological polar surface area (TPSA) is 61.4 Å². The van der Waals surface area contributed by atoms with E-state index in [0.717, 1.165) is 41.2 Å². The molecule has 0 saturated carbocycles. The van der Waals surface area contributed by atoms with Gasteiger partial charge >= 0.3 is 0 Å². The minimum atomic E-state index is -0.310. The zero-order chi connectivity index (χ0) is 19.8. The third kappa shape index (κ3) is 6.13. The number of nitrogens with zero attached hydrogens (tertiary/aromatic N) is 1. The number of hydrogen-bond acceptors (Lipinski definition) is 3. The van der Waals surface area contributed by atoms with Gasteiger partial charge in [0.15, 0.2) is 0 Å². The molecule has 5 heteroatoms. The van der Waals surface area contributed by atoms with Crippen molar-refractivity contribution < 1.29 is 9.59 Å². The second-order valence-corrected chi connectivity index (χ2v) is 6.66. The molecule has 0 unspecified atom stereocenters. The van der Waals surface area contributed by atoms with Crippen molar-refractivity contribution in [2.75, 3.05) is 23.3 Å². The molecule has 144 valence electrons. The van der Waals surface area contributed by atoms with E-state index in [1.165, 1.54) is 0 Å². The number of rotatable bonds is 8. The summed E-state index contributed by atoms with van der Waals surface area (Å²) in [5, 5.41) is 5.62. The lowest BCUT2D eigenvalue weighted by atomic mass is 10.1. The van der Waals surface area contributed by atoms with E-state index < -0.39 is 0 Å². The molecule has 2 rings (SSSR count). The zero-order valence-corrected chi connectivity index (χ0v) is 16.6. The molecule has 0 atom stereocenters. The number of benzene rings is 2. The van der Waals surface area contributed by atoms with Gasteiger partial charge in [0.25, 0.3) is 0 Å². The van der Waals surface area contributed by atoms with Crippen molar-refractivity contribution in [2.45, 2.75) is 40.7 Å². The number of hydrogen-bond donors (Lipinski definition) is 2. The Kier molecular flexibility index (Phi) is 7.41. The van der Waals surface area contributed by atoms with E-state index in [1.807, 2.05) is 50.2 Å². The van der Waals surface area contributed by atoms with Crippen LogP contribution in [-0.2, 0) is 16.1 Å². The molecule has 0 aliphatic rings. The first-order valence-corrected chi connectivity index (χ1v) is 9.40. The van der Waals surface area contributed by atoms with Crippen molar-refractivity contribution >= 4 is 23.2 Å². The molecule has 0 aromatic heterocycles. The highest BCUT2D eigenvalue weighted by Gasteiger charge is 2.12. The standard InChI is InChI=1S/C22H29N3O2/c1-5-25(6-2)19-10-11-20(17(4)13-19)24-22(27)14-21(26)23-15-18-9-7-8-16(3)12-18/h7-13H,5-6,14-15H2,1-4H3,(H,23,26)(H,24,27). The molecule has 2 amide bonds. The maximum atomic E-state index is 12.2. The first-order chi connectivity index (χ1) is 12.9. The second-order valence-electron chi connectivity index (χ2n) is 6.66. The summed E-state index contributed by atoms with van der Waals surface area (Å²) in [5.41, 5.74) is 5.01. The molecule has 2 N–H and O–H groups in total. The zero-order valence-electron chi connectivity index (χ0n) is 16.6. The Morgan fingerprint density at radius 2 is 1.70 bits per heavy atom. The monoisotopic (exact) mass is 367 g/mol. The molecule has 0 spiro atoms. The number of anilines is 2. The normalized spacial score (nSPS) is 10.4. The van der Waals surface area contributed by atoms with Gasteiger partial charge in [-0.1, -0.05) is 29.8 Å². The van der Waals surface area contributed by atoms with Gasteiger partial charge in [-0.15, -0.1) is 0 Å². The van der Waals surface area contributed by atoms with Crippen LogP contribution in [-0.4, -0.2) is 24.9 Å². The molecule has 0 radical (unpaired) electrons. The van der Waals surface area contributed by atoms with Gasteiger partial charge in [-0.05, 0) is 57.0 Å². The maximum Gasteiger partial charge on any atom is 0.233 e.